The Balaban J connectivity index is 2.50. The highest BCUT2D eigenvalue weighted by molar-refractivity contribution is 4.86. The van der Waals surface area contributed by atoms with Crippen molar-refractivity contribution < 1.29 is 0 Å². The van der Waals surface area contributed by atoms with Crippen LogP contribution in [0.4, 0.5) is 0 Å². The summed E-state index contributed by atoms with van der Waals surface area (Å²) in [5.41, 5.74) is 0.908. The van der Waals surface area contributed by atoms with Gasteiger partial charge in [0.15, 0.2) is 0 Å². The first kappa shape index (κ1) is 14.0. The maximum absolute atomic E-state index is 2.68. The zero-order valence-corrected chi connectivity index (χ0v) is 12.4. The van der Waals surface area contributed by atoms with E-state index in [9.17, 15) is 0 Å². The zero-order valence-electron chi connectivity index (χ0n) is 12.4. The molecule has 96 valence electrons. The predicted molar refractivity (Wildman–Crippen MR) is 72.7 cm³/mol. The van der Waals surface area contributed by atoms with Gasteiger partial charge in [-0.25, -0.2) is 0 Å². The minimum absolute atomic E-state index is 0.411. The molecule has 0 aromatic rings. The molecule has 0 aromatic carbocycles. The summed E-state index contributed by atoms with van der Waals surface area (Å²) < 4.78 is 0. The maximum atomic E-state index is 2.68. The van der Waals surface area contributed by atoms with Crippen LogP contribution in [0.15, 0.2) is 0 Å². The van der Waals surface area contributed by atoms with E-state index in [0.717, 1.165) is 5.92 Å². The van der Waals surface area contributed by atoms with Gasteiger partial charge in [0.2, 0.25) is 0 Å². The molecule has 16 heavy (non-hydrogen) atoms. The molecule has 0 aromatic heterocycles. The van der Waals surface area contributed by atoms with Crippen LogP contribution in [-0.4, -0.2) is 24.0 Å². The largest absolute Gasteiger partial charge is 0.300 e. The van der Waals surface area contributed by atoms with Crippen LogP contribution in [0.2, 0.25) is 0 Å². The topological polar surface area (TPSA) is 3.24 Å². The first-order valence-electron chi connectivity index (χ1n) is 6.86. The zero-order chi connectivity index (χ0) is 12.6. The third-order valence-electron chi connectivity index (χ3n) is 4.56. The molecular weight excluding hydrogens is 194 g/mol. The van der Waals surface area contributed by atoms with Crippen LogP contribution in [0.25, 0.3) is 0 Å². The fourth-order valence-corrected chi connectivity index (χ4v) is 2.70. The standard InChI is InChI=1S/C15H31N/c1-12(14(2,3)4)16-10-8-13(9-11-16)15(5,6)7/h12-13H,8-11H2,1-7H3. The second-order valence-corrected chi connectivity index (χ2v) is 7.72. The van der Waals surface area contributed by atoms with Crippen LogP contribution in [0.1, 0.15) is 61.3 Å². The van der Waals surface area contributed by atoms with Gasteiger partial charge in [-0.05, 0) is 49.6 Å². The summed E-state index contributed by atoms with van der Waals surface area (Å²) >= 11 is 0. The molecule has 1 aliphatic heterocycles. The maximum Gasteiger partial charge on any atom is 0.0115 e. The molecule has 0 saturated carbocycles. The van der Waals surface area contributed by atoms with E-state index in [0.29, 0.717) is 16.9 Å². The fraction of sp³-hybridized carbons (Fsp3) is 1.00. The van der Waals surface area contributed by atoms with Crippen molar-refractivity contribution in [2.75, 3.05) is 13.1 Å². The SMILES string of the molecule is CC(N1CCC(C(C)(C)C)CC1)C(C)(C)C. The normalized spacial score (nSPS) is 23.4. The van der Waals surface area contributed by atoms with Crippen molar-refractivity contribution in [3.8, 4) is 0 Å². The van der Waals surface area contributed by atoms with Crippen molar-refractivity contribution in [3.05, 3.63) is 0 Å². The van der Waals surface area contributed by atoms with E-state index in [1.54, 1.807) is 0 Å². The summed E-state index contributed by atoms with van der Waals surface area (Å²) in [6.07, 6.45) is 2.76. The van der Waals surface area contributed by atoms with Crippen LogP contribution >= 0.6 is 0 Å². The molecule has 0 spiro atoms. The Morgan fingerprint density at radius 2 is 1.38 bits per heavy atom. The summed E-state index contributed by atoms with van der Waals surface area (Å²) in [4.78, 5) is 2.68. The number of hydrogen-bond acceptors (Lipinski definition) is 1. The number of likely N-dealkylation sites (tertiary alicyclic amines) is 1. The van der Waals surface area contributed by atoms with Crippen molar-refractivity contribution in [1.29, 1.82) is 0 Å². The lowest BCUT2D eigenvalue weighted by Crippen LogP contribution is -2.47. The van der Waals surface area contributed by atoms with Crippen molar-refractivity contribution in [3.63, 3.8) is 0 Å². The van der Waals surface area contributed by atoms with E-state index in [2.05, 4.69) is 53.4 Å². The van der Waals surface area contributed by atoms with Gasteiger partial charge in [0.05, 0.1) is 0 Å². The Kier molecular flexibility index (Phi) is 4.10. The van der Waals surface area contributed by atoms with E-state index in [4.69, 9.17) is 0 Å². The van der Waals surface area contributed by atoms with Gasteiger partial charge in [-0.2, -0.15) is 0 Å². The lowest BCUT2D eigenvalue weighted by molar-refractivity contribution is 0.0474. The van der Waals surface area contributed by atoms with Gasteiger partial charge in [0.1, 0.15) is 0 Å². The molecule has 1 fully saturated rings. The van der Waals surface area contributed by atoms with Crippen LogP contribution in [-0.2, 0) is 0 Å². The first-order chi connectivity index (χ1) is 7.12. The molecule has 0 bridgehead atoms. The van der Waals surface area contributed by atoms with Crippen molar-refractivity contribution in [2.45, 2.75) is 67.3 Å². The Morgan fingerprint density at radius 1 is 0.938 bits per heavy atom. The molecule has 0 radical (unpaired) electrons. The van der Waals surface area contributed by atoms with Gasteiger partial charge < -0.3 is 4.90 Å². The quantitative estimate of drug-likeness (QED) is 0.647. The molecule has 1 heterocycles. The Hall–Kier alpha value is -0.0400. The van der Waals surface area contributed by atoms with Gasteiger partial charge in [-0.15, -0.1) is 0 Å². The second kappa shape index (κ2) is 4.68. The smallest absolute Gasteiger partial charge is 0.0115 e. The molecule has 1 atom stereocenters. The van der Waals surface area contributed by atoms with Gasteiger partial charge in [-0.3, -0.25) is 0 Å². The van der Waals surface area contributed by atoms with Crippen molar-refractivity contribution in [1.82, 2.24) is 4.90 Å². The van der Waals surface area contributed by atoms with Gasteiger partial charge in [0, 0.05) is 6.04 Å². The summed E-state index contributed by atoms with van der Waals surface area (Å²) in [5, 5.41) is 0. The first-order valence-corrected chi connectivity index (χ1v) is 6.86. The third-order valence-corrected chi connectivity index (χ3v) is 4.56. The summed E-state index contributed by atoms with van der Waals surface area (Å²) in [7, 11) is 0. The average molecular weight is 225 g/mol. The van der Waals surface area contributed by atoms with Crippen molar-refractivity contribution >= 4 is 0 Å². The second-order valence-electron chi connectivity index (χ2n) is 7.72. The lowest BCUT2D eigenvalue weighted by atomic mass is 9.74. The minimum atomic E-state index is 0.411. The van der Waals surface area contributed by atoms with Gasteiger partial charge in [0.25, 0.3) is 0 Å². The average Bonchev–Trinajstić information content (AvgIpc) is 2.14. The highest BCUT2D eigenvalue weighted by atomic mass is 15.2. The molecule has 1 rings (SSSR count). The van der Waals surface area contributed by atoms with Crippen LogP contribution in [0.3, 0.4) is 0 Å². The van der Waals surface area contributed by atoms with E-state index >= 15 is 0 Å². The van der Waals surface area contributed by atoms with Crippen LogP contribution in [0.5, 0.6) is 0 Å². The van der Waals surface area contributed by atoms with E-state index < -0.39 is 0 Å². The highest BCUT2D eigenvalue weighted by Crippen LogP contribution is 2.36. The molecule has 1 aliphatic rings. The molecule has 0 amide bonds. The number of nitrogens with zero attached hydrogens (tertiary/aromatic N) is 1. The number of hydrogen-bond donors (Lipinski definition) is 0. The van der Waals surface area contributed by atoms with Crippen LogP contribution in [0, 0.1) is 16.7 Å². The monoisotopic (exact) mass is 225 g/mol. The van der Waals surface area contributed by atoms with Crippen molar-refractivity contribution in [2.24, 2.45) is 16.7 Å². The number of piperidine rings is 1. The minimum Gasteiger partial charge on any atom is -0.300 e. The molecular formula is C15H31N. The Labute approximate surface area is 103 Å². The van der Waals surface area contributed by atoms with Gasteiger partial charge >= 0.3 is 0 Å². The predicted octanol–water partition coefficient (Wildman–Crippen LogP) is 4.18. The van der Waals surface area contributed by atoms with Gasteiger partial charge in [-0.1, -0.05) is 41.5 Å². The van der Waals surface area contributed by atoms with Crippen LogP contribution < -0.4 is 0 Å². The molecule has 1 saturated heterocycles. The summed E-state index contributed by atoms with van der Waals surface area (Å²) in [5.74, 6) is 0.913. The molecule has 0 N–H and O–H groups in total. The molecule has 1 unspecified atom stereocenters. The molecule has 1 nitrogen and oxygen atoms in total. The number of rotatable bonds is 1. The summed E-state index contributed by atoms with van der Waals surface area (Å²) in [6.45, 7) is 19.2. The third kappa shape index (κ3) is 3.48. The van der Waals surface area contributed by atoms with E-state index in [1.807, 2.05) is 0 Å². The molecule has 0 aliphatic carbocycles. The molecule has 1 heteroatoms. The highest BCUT2D eigenvalue weighted by Gasteiger charge is 2.33. The van der Waals surface area contributed by atoms with E-state index in [1.165, 1.54) is 25.9 Å². The Morgan fingerprint density at radius 3 is 1.69 bits per heavy atom. The Bertz CT molecular complexity index is 211. The lowest BCUT2D eigenvalue weighted by Gasteiger charge is -2.44. The fourth-order valence-electron chi connectivity index (χ4n) is 2.70. The van der Waals surface area contributed by atoms with E-state index in [-0.39, 0.29) is 0 Å². The summed E-state index contributed by atoms with van der Waals surface area (Å²) in [6, 6.07) is 0.702.